The summed E-state index contributed by atoms with van der Waals surface area (Å²) in [6.45, 7) is 7.05. The van der Waals surface area contributed by atoms with Crippen LogP contribution in [0, 0.1) is 5.92 Å². The molecule has 1 aromatic carbocycles. The molecule has 0 radical (unpaired) electrons. The summed E-state index contributed by atoms with van der Waals surface area (Å²) in [6, 6.07) is 12.9. The Morgan fingerprint density at radius 1 is 1.14 bits per heavy atom. The fourth-order valence-electron chi connectivity index (χ4n) is 4.55. The molecule has 3 aromatic rings. The number of nitrogens with one attached hydrogen (secondary N) is 1. The monoisotopic (exact) mass is 587 g/mol. The zero-order valence-corrected chi connectivity index (χ0v) is 25.1. The van der Waals surface area contributed by atoms with Crippen molar-refractivity contribution in [3.63, 3.8) is 0 Å². The van der Waals surface area contributed by atoms with Crippen molar-refractivity contribution in [2.75, 3.05) is 16.9 Å². The Morgan fingerprint density at radius 2 is 1.84 bits per heavy atom. The SMILES string of the molecule is CC1CN(c2nc(-n3ccc(O[CH2][Ge]([CH3])([CH3])[CH3])n3)ccc2C(=O)NS(=O)(=O)c2ccccc2)C(C)(C)C1. The molecule has 11 heteroatoms. The number of carbonyl (C=O) groups is 1. The number of benzene rings is 1. The minimum atomic E-state index is -4.04. The summed E-state index contributed by atoms with van der Waals surface area (Å²) in [5.41, 5.74) is 0.621. The number of carbonyl (C=O) groups excluding carboxylic acids is 1. The first-order chi connectivity index (χ1) is 17.2. The van der Waals surface area contributed by atoms with E-state index >= 15 is 0 Å². The third-order valence-electron chi connectivity index (χ3n) is 6.17. The van der Waals surface area contributed by atoms with Gasteiger partial charge in [0.05, 0.1) is 4.90 Å². The van der Waals surface area contributed by atoms with E-state index in [9.17, 15) is 13.2 Å². The van der Waals surface area contributed by atoms with Crippen LogP contribution in [0.1, 0.15) is 37.6 Å². The molecule has 3 heterocycles. The van der Waals surface area contributed by atoms with Crippen molar-refractivity contribution >= 4 is 35.0 Å². The van der Waals surface area contributed by atoms with Crippen molar-refractivity contribution < 1.29 is 17.9 Å². The number of ether oxygens (including phenoxy) is 1. The Bertz CT molecular complexity index is 1380. The number of rotatable bonds is 8. The number of aromatic nitrogens is 3. The van der Waals surface area contributed by atoms with E-state index in [0.717, 1.165) is 6.42 Å². The molecular formula is C26H35GeN5O4S. The summed E-state index contributed by atoms with van der Waals surface area (Å²) in [5.74, 6) is 7.93. The van der Waals surface area contributed by atoms with Crippen LogP contribution in [-0.4, -0.2) is 59.9 Å². The topological polar surface area (TPSA) is 106 Å². The molecule has 1 aliphatic rings. The van der Waals surface area contributed by atoms with Gasteiger partial charge in [-0.1, -0.05) is 18.2 Å². The number of hydrogen-bond donors (Lipinski definition) is 1. The Kier molecular flexibility index (Phi) is 7.44. The van der Waals surface area contributed by atoms with Crippen molar-refractivity contribution in [1.82, 2.24) is 19.5 Å². The van der Waals surface area contributed by atoms with Gasteiger partial charge >= 0.3 is 178 Å². The van der Waals surface area contributed by atoms with Gasteiger partial charge in [0.25, 0.3) is 0 Å². The summed E-state index contributed by atoms with van der Waals surface area (Å²) >= 11 is -1.90. The van der Waals surface area contributed by atoms with Crippen molar-refractivity contribution in [1.29, 1.82) is 0 Å². The minimum absolute atomic E-state index is 0.0214. The summed E-state index contributed by atoms with van der Waals surface area (Å²) in [7, 11) is -4.04. The maximum atomic E-state index is 13.3. The first-order valence-electron chi connectivity index (χ1n) is 12.3. The quantitative estimate of drug-likeness (QED) is 0.393. The number of amides is 1. The van der Waals surface area contributed by atoms with Crippen LogP contribution in [0.3, 0.4) is 0 Å². The summed E-state index contributed by atoms with van der Waals surface area (Å²) in [6.07, 6.45) is 2.69. The van der Waals surface area contributed by atoms with Gasteiger partial charge < -0.3 is 0 Å². The molecule has 1 amide bonds. The van der Waals surface area contributed by atoms with Crippen molar-refractivity contribution in [3.05, 3.63) is 60.3 Å². The van der Waals surface area contributed by atoms with Crippen molar-refractivity contribution in [2.45, 2.75) is 54.9 Å². The second-order valence-electron chi connectivity index (χ2n) is 11.5. The molecule has 37 heavy (non-hydrogen) atoms. The second kappa shape index (κ2) is 10.1. The number of hydrogen-bond acceptors (Lipinski definition) is 7. The zero-order valence-electron chi connectivity index (χ0n) is 22.2. The standard InChI is InChI=1S/C26H35GeN5O4S/c1-19-16-26(2,3)31(17-19)24-21(25(33)30-37(34,35)20-10-8-7-9-11-20)12-13-22(28-24)32-15-14-23(29-32)36-18-27(4,5)6/h7-15,19H,16-18H2,1-6H3,(H,30,33). The second-order valence-corrected chi connectivity index (χ2v) is 24.5. The molecule has 1 aliphatic heterocycles. The van der Waals surface area contributed by atoms with E-state index in [-0.39, 0.29) is 16.0 Å². The van der Waals surface area contributed by atoms with Gasteiger partial charge in [0.2, 0.25) is 0 Å². The molecule has 0 bridgehead atoms. The van der Waals surface area contributed by atoms with Gasteiger partial charge in [0.1, 0.15) is 0 Å². The Morgan fingerprint density at radius 3 is 2.46 bits per heavy atom. The van der Waals surface area contributed by atoms with Crippen LogP contribution in [0.4, 0.5) is 5.82 Å². The van der Waals surface area contributed by atoms with Crippen LogP contribution in [-0.2, 0) is 10.0 Å². The Hall–Kier alpha value is -2.86. The maximum absolute atomic E-state index is 13.3. The van der Waals surface area contributed by atoms with Gasteiger partial charge in [-0.3, -0.25) is 0 Å². The fraction of sp³-hybridized carbons (Fsp3) is 0.423. The molecule has 9 nitrogen and oxygen atoms in total. The fourth-order valence-corrected chi connectivity index (χ4v) is 6.75. The molecule has 0 saturated carbocycles. The first-order valence-corrected chi connectivity index (χ1v) is 21.6. The van der Waals surface area contributed by atoms with E-state index in [0.29, 0.717) is 35.4 Å². The molecule has 1 N–H and O–H groups in total. The molecule has 0 aliphatic carbocycles. The van der Waals surface area contributed by atoms with Crippen LogP contribution < -0.4 is 14.4 Å². The Labute approximate surface area is 221 Å². The summed E-state index contributed by atoms with van der Waals surface area (Å²) in [4.78, 5) is 20.3. The zero-order chi connectivity index (χ0) is 27.0. The molecule has 1 unspecified atom stereocenters. The van der Waals surface area contributed by atoms with Crippen LogP contribution in [0.2, 0.25) is 17.3 Å². The third kappa shape index (κ3) is 6.35. The van der Waals surface area contributed by atoms with E-state index in [1.165, 1.54) is 12.1 Å². The molecule has 198 valence electrons. The molecule has 0 spiro atoms. The van der Waals surface area contributed by atoms with Gasteiger partial charge in [-0.05, 0) is 12.1 Å². The number of sulfonamides is 1. The molecule has 1 fully saturated rings. The van der Waals surface area contributed by atoms with E-state index < -0.39 is 29.2 Å². The first kappa shape index (κ1) is 27.2. The third-order valence-corrected chi connectivity index (χ3v) is 9.63. The van der Waals surface area contributed by atoms with Crippen LogP contribution in [0.15, 0.2) is 59.6 Å². The average molecular weight is 586 g/mol. The molecule has 1 saturated heterocycles. The average Bonchev–Trinajstić information content (AvgIpc) is 3.40. The van der Waals surface area contributed by atoms with Gasteiger partial charge in [0, 0.05) is 0 Å². The molecular weight excluding hydrogens is 551 g/mol. The molecule has 1 atom stereocenters. The van der Waals surface area contributed by atoms with Gasteiger partial charge in [-0.2, -0.15) is 0 Å². The predicted octanol–water partition coefficient (Wildman–Crippen LogP) is 4.27. The van der Waals surface area contributed by atoms with Crippen LogP contribution >= 0.6 is 0 Å². The summed E-state index contributed by atoms with van der Waals surface area (Å²) in [5, 5.41) is 4.52. The summed E-state index contributed by atoms with van der Waals surface area (Å²) < 4.78 is 35.4. The van der Waals surface area contributed by atoms with Gasteiger partial charge in [0.15, 0.2) is 0 Å². The number of pyridine rings is 1. The molecule has 4 rings (SSSR count). The predicted molar refractivity (Wildman–Crippen MR) is 146 cm³/mol. The van der Waals surface area contributed by atoms with Crippen LogP contribution in [0.25, 0.3) is 5.82 Å². The van der Waals surface area contributed by atoms with Crippen molar-refractivity contribution in [2.24, 2.45) is 5.92 Å². The molecule has 2 aromatic heterocycles. The van der Waals surface area contributed by atoms with Gasteiger partial charge in [-0.15, -0.1) is 0 Å². The van der Waals surface area contributed by atoms with E-state index in [2.05, 4.69) is 52.8 Å². The van der Waals surface area contributed by atoms with Crippen molar-refractivity contribution in [3.8, 4) is 11.7 Å². The van der Waals surface area contributed by atoms with E-state index in [1.807, 2.05) is 0 Å². The normalized spacial score (nSPS) is 17.6. The van der Waals surface area contributed by atoms with E-state index in [4.69, 9.17) is 9.72 Å². The number of nitrogens with zero attached hydrogens (tertiary/aromatic N) is 4. The van der Waals surface area contributed by atoms with Crippen LogP contribution in [0.5, 0.6) is 5.88 Å². The Balaban J connectivity index is 1.70. The van der Waals surface area contributed by atoms with Gasteiger partial charge in [-0.25, -0.2) is 8.42 Å². The number of anilines is 1. The van der Waals surface area contributed by atoms with E-state index in [1.54, 1.807) is 47.3 Å².